The highest BCUT2D eigenvalue weighted by atomic mass is 16.5. The van der Waals surface area contributed by atoms with Gasteiger partial charge in [-0.1, -0.05) is 23.3 Å². The van der Waals surface area contributed by atoms with Gasteiger partial charge in [-0.2, -0.15) is 0 Å². The van der Waals surface area contributed by atoms with Gasteiger partial charge in [-0.15, -0.1) is 0 Å². The summed E-state index contributed by atoms with van der Waals surface area (Å²) in [6.07, 6.45) is 8.64. The topological polar surface area (TPSA) is 49.7 Å². The first kappa shape index (κ1) is 20.4. The van der Waals surface area contributed by atoms with E-state index < -0.39 is 11.2 Å². The summed E-state index contributed by atoms with van der Waals surface area (Å²) in [7, 11) is 0. The van der Waals surface area contributed by atoms with E-state index in [0.717, 1.165) is 25.7 Å². The molecule has 1 saturated heterocycles. The predicted octanol–water partition coefficient (Wildman–Crippen LogP) is 4.53. The fourth-order valence-electron chi connectivity index (χ4n) is 3.18. The van der Waals surface area contributed by atoms with Gasteiger partial charge in [-0.3, -0.25) is 0 Å². The average Bonchev–Trinajstić information content (AvgIpc) is 2.88. The molecule has 0 aromatic carbocycles. The zero-order valence-electron chi connectivity index (χ0n) is 15.9. The molecule has 134 valence electrons. The summed E-state index contributed by atoms with van der Waals surface area (Å²) < 4.78 is 6.06. The molecule has 4 atom stereocenters. The first-order valence-corrected chi connectivity index (χ1v) is 8.91. The van der Waals surface area contributed by atoms with Crippen LogP contribution in [0.25, 0.3) is 0 Å². The third-order valence-electron chi connectivity index (χ3n) is 4.81. The van der Waals surface area contributed by atoms with Gasteiger partial charge in [0.25, 0.3) is 0 Å². The van der Waals surface area contributed by atoms with E-state index in [1.54, 1.807) is 0 Å². The lowest BCUT2D eigenvalue weighted by Crippen LogP contribution is -2.43. The molecular weight excluding hydrogens is 288 g/mol. The van der Waals surface area contributed by atoms with Crippen LogP contribution < -0.4 is 0 Å². The van der Waals surface area contributed by atoms with Gasteiger partial charge in [0.05, 0.1) is 23.4 Å². The second-order valence-electron chi connectivity index (χ2n) is 8.05. The van der Waals surface area contributed by atoms with Crippen molar-refractivity contribution in [1.29, 1.82) is 0 Å². The lowest BCUT2D eigenvalue weighted by Gasteiger charge is -2.33. The third kappa shape index (κ3) is 6.78. The Morgan fingerprint density at radius 1 is 0.870 bits per heavy atom. The molecule has 2 N–H and O–H groups in total. The maximum atomic E-state index is 10.7. The molecule has 23 heavy (non-hydrogen) atoms. The monoisotopic (exact) mass is 324 g/mol. The normalized spacial score (nSPS) is 26.3. The smallest absolute Gasteiger partial charge is 0.0883 e. The van der Waals surface area contributed by atoms with Crippen molar-refractivity contribution in [2.24, 2.45) is 0 Å². The van der Waals surface area contributed by atoms with Crippen molar-refractivity contribution < 1.29 is 14.9 Å². The summed E-state index contributed by atoms with van der Waals surface area (Å²) in [5.41, 5.74) is 0.870. The lowest BCUT2D eigenvalue weighted by atomic mass is 9.89. The number of ether oxygens (including phenoxy) is 1. The van der Waals surface area contributed by atoms with E-state index in [0.29, 0.717) is 12.8 Å². The first-order chi connectivity index (χ1) is 10.5. The summed E-state index contributed by atoms with van der Waals surface area (Å²) in [4.78, 5) is 0. The molecule has 0 saturated carbocycles. The second-order valence-corrected chi connectivity index (χ2v) is 8.05. The van der Waals surface area contributed by atoms with Crippen molar-refractivity contribution in [1.82, 2.24) is 0 Å². The second kappa shape index (κ2) is 8.46. The van der Waals surface area contributed by atoms with Crippen LogP contribution in [0.1, 0.15) is 80.1 Å². The van der Waals surface area contributed by atoms with E-state index in [2.05, 4.69) is 39.8 Å². The molecule has 0 aliphatic carbocycles. The largest absolute Gasteiger partial charge is 0.387 e. The Morgan fingerprint density at radius 2 is 1.22 bits per heavy atom. The fourth-order valence-corrected chi connectivity index (χ4v) is 3.18. The standard InChI is InChI=1S/C20H36O3/c1-15(2)9-7-13-19(5,21)17-11-12-18(23-17)20(6,22)14-8-10-16(3)4/h9-10,17-18,21-22H,7-8,11-14H2,1-6H3/t17-,18+,19+,20-. The van der Waals surface area contributed by atoms with Gasteiger partial charge in [0.15, 0.2) is 0 Å². The van der Waals surface area contributed by atoms with Gasteiger partial charge in [0.2, 0.25) is 0 Å². The zero-order valence-corrected chi connectivity index (χ0v) is 15.9. The van der Waals surface area contributed by atoms with Gasteiger partial charge in [-0.25, -0.2) is 0 Å². The lowest BCUT2D eigenvalue weighted by molar-refractivity contribution is -0.145. The summed E-state index contributed by atoms with van der Waals surface area (Å²) in [6, 6.07) is 0. The Labute approximate surface area is 142 Å². The Morgan fingerprint density at radius 3 is 1.52 bits per heavy atom. The van der Waals surface area contributed by atoms with Crippen LogP contribution in [0.5, 0.6) is 0 Å². The van der Waals surface area contributed by atoms with Gasteiger partial charge >= 0.3 is 0 Å². The molecule has 3 heteroatoms. The van der Waals surface area contributed by atoms with E-state index in [4.69, 9.17) is 4.74 Å². The van der Waals surface area contributed by atoms with Gasteiger partial charge in [-0.05, 0) is 80.1 Å². The average molecular weight is 325 g/mol. The molecule has 1 aliphatic heterocycles. The number of rotatable bonds is 8. The minimum Gasteiger partial charge on any atom is -0.387 e. The molecule has 1 fully saturated rings. The number of hydrogen-bond acceptors (Lipinski definition) is 3. The van der Waals surface area contributed by atoms with Crippen molar-refractivity contribution in [2.75, 3.05) is 0 Å². The third-order valence-corrected chi connectivity index (χ3v) is 4.81. The Bertz CT molecular complexity index is 384. The number of hydrogen-bond donors (Lipinski definition) is 2. The van der Waals surface area contributed by atoms with Crippen LogP contribution in [0.2, 0.25) is 0 Å². The maximum absolute atomic E-state index is 10.7. The highest BCUT2D eigenvalue weighted by molar-refractivity contribution is 4.99. The zero-order chi connectivity index (χ0) is 17.7. The SMILES string of the molecule is CC(C)=CCC[C@](C)(O)[C@H]1CC[C@@H]([C@](C)(O)CCC=C(C)C)O1. The van der Waals surface area contributed by atoms with Gasteiger partial charge in [0.1, 0.15) is 0 Å². The van der Waals surface area contributed by atoms with Crippen molar-refractivity contribution in [3.8, 4) is 0 Å². The highest BCUT2D eigenvalue weighted by Crippen LogP contribution is 2.36. The molecule has 1 aliphatic rings. The Kier molecular flexibility index (Phi) is 7.50. The molecule has 0 amide bonds. The molecule has 0 unspecified atom stereocenters. The Hall–Kier alpha value is -0.640. The predicted molar refractivity (Wildman–Crippen MR) is 96.5 cm³/mol. The summed E-state index contributed by atoms with van der Waals surface area (Å²) in [6.45, 7) is 12.0. The molecule has 1 heterocycles. The number of allylic oxidation sites excluding steroid dienone is 4. The number of aliphatic hydroxyl groups is 2. The first-order valence-electron chi connectivity index (χ1n) is 8.91. The van der Waals surface area contributed by atoms with Crippen LogP contribution in [0.3, 0.4) is 0 Å². The van der Waals surface area contributed by atoms with E-state index in [9.17, 15) is 10.2 Å². The molecule has 0 radical (unpaired) electrons. The van der Waals surface area contributed by atoms with Crippen LogP contribution in [0, 0.1) is 0 Å². The fraction of sp³-hybridized carbons (Fsp3) is 0.800. The molecule has 1 rings (SSSR count). The van der Waals surface area contributed by atoms with Crippen molar-refractivity contribution in [2.45, 2.75) is 103 Å². The minimum absolute atomic E-state index is 0.187. The molecular formula is C20H36O3. The quantitative estimate of drug-likeness (QED) is 0.645. The van der Waals surface area contributed by atoms with E-state index >= 15 is 0 Å². The summed E-state index contributed by atoms with van der Waals surface area (Å²) in [5.74, 6) is 0. The molecule has 0 aromatic rings. The van der Waals surface area contributed by atoms with E-state index in [1.807, 2.05) is 13.8 Å². The minimum atomic E-state index is -0.837. The maximum Gasteiger partial charge on any atom is 0.0883 e. The van der Waals surface area contributed by atoms with Gasteiger partial charge < -0.3 is 14.9 Å². The van der Waals surface area contributed by atoms with Crippen LogP contribution in [0.4, 0.5) is 0 Å². The van der Waals surface area contributed by atoms with Crippen LogP contribution in [-0.4, -0.2) is 33.6 Å². The molecule has 3 nitrogen and oxygen atoms in total. The molecule has 0 bridgehead atoms. The van der Waals surface area contributed by atoms with Crippen molar-refractivity contribution >= 4 is 0 Å². The van der Waals surface area contributed by atoms with Crippen LogP contribution in [0.15, 0.2) is 23.3 Å². The van der Waals surface area contributed by atoms with Crippen LogP contribution in [-0.2, 0) is 4.74 Å². The van der Waals surface area contributed by atoms with Crippen molar-refractivity contribution in [3.63, 3.8) is 0 Å². The van der Waals surface area contributed by atoms with Crippen molar-refractivity contribution in [3.05, 3.63) is 23.3 Å². The summed E-state index contributed by atoms with van der Waals surface area (Å²) >= 11 is 0. The van der Waals surface area contributed by atoms with E-state index in [-0.39, 0.29) is 12.2 Å². The molecule has 0 aromatic heterocycles. The molecule has 0 spiro atoms. The van der Waals surface area contributed by atoms with Gasteiger partial charge in [0, 0.05) is 0 Å². The summed E-state index contributed by atoms with van der Waals surface area (Å²) in [5, 5.41) is 21.4. The van der Waals surface area contributed by atoms with E-state index in [1.165, 1.54) is 11.1 Å². The Balaban J connectivity index is 2.55. The highest BCUT2D eigenvalue weighted by Gasteiger charge is 2.44. The van der Waals surface area contributed by atoms with Crippen LogP contribution >= 0.6 is 0 Å².